The Morgan fingerprint density at radius 2 is 2.43 bits per heavy atom. The van der Waals surface area contributed by atoms with Crippen molar-refractivity contribution in [3.63, 3.8) is 0 Å². The molecule has 1 atom stereocenters. The Morgan fingerprint density at radius 1 is 1.57 bits per heavy atom. The molecular formula is C11H11ClN6O3. The summed E-state index contributed by atoms with van der Waals surface area (Å²) < 4.78 is 5.58. The van der Waals surface area contributed by atoms with Crippen LogP contribution < -0.4 is 4.90 Å². The number of rotatable bonds is 3. The summed E-state index contributed by atoms with van der Waals surface area (Å²) in [6.07, 6.45) is 0.942. The normalized spacial score (nSPS) is 18.7. The zero-order chi connectivity index (χ0) is 14.8. The van der Waals surface area contributed by atoms with Crippen LogP contribution in [-0.4, -0.2) is 56.4 Å². The van der Waals surface area contributed by atoms with Crippen LogP contribution in [0.5, 0.6) is 0 Å². The molecule has 0 radical (unpaired) electrons. The maximum Gasteiger partial charge on any atom is 0.337 e. The molecule has 0 amide bonds. The fraction of sp³-hybridized carbons (Fsp3) is 0.364. The molecule has 110 valence electrons. The van der Waals surface area contributed by atoms with E-state index in [4.69, 9.17) is 21.4 Å². The molecule has 1 saturated heterocycles. The molecule has 2 N–H and O–H groups in total. The number of tetrazole rings is 1. The predicted molar refractivity (Wildman–Crippen MR) is 71.3 cm³/mol. The topological polar surface area (TPSA) is 117 Å². The molecule has 10 heteroatoms. The largest absolute Gasteiger partial charge is 0.478 e. The number of hydrogen-bond donors (Lipinski definition) is 2. The molecule has 1 aliphatic heterocycles. The van der Waals surface area contributed by atoms with Gasteiger partial charge in [-0.2, -0.15) is 5.21 Å². The number of aromatic amines is 1. The Kier molecular flexibility index (Phi) is 3.67. The lowest BCUT2D eigenvalue weighted by Crippen LogP contribution is -2.39. The number of aromatic carboxylic acids is 1. The van der Waals surface area contributed by atoms with Crippen molar-refractivity contribution < 1.29 is 14.6 Å². The van der Waals surface area contributed by atoms with E-state index in [1.54, 1.807) is 0 Å². The minimum Gasteiger partial charge on any atom is -0.478 e. The summed E-state index contributed by atoms with van der Waals surface area (Å²) in [7, 11) is 0. The van der Waals surface area contributed by atoms with Crippen molar-refractivity contribution >= 4 is 23.4 Å². The third-order valence-corrected chi connectivity index (χ3v) is 3.36. The summed E-state index contributed by atoms with van der Waals surface area (Å²) in [5, 5.41) is 22.9. The number of carbonyl (C=O) groups is 1. The number of anilines is 1. The molecule has 21 heavy (non-hydrogen) atoms. The summed E-state index contributed by atoms with van der Waals surface area (Å²) in [4.78, 5) is 16.9. The van der Waals surface area contributed by atoms with E-state index in [1.807, 2.05) is 4.90 Å². The SMILES string of the molecule is O=C(O)c1cnc(N2CCOC(c3nn[nH]n3)C2)c(Cl)c1. The van der Waals surface area contributed by atoms with Gasteiger partial charge in [0.25, 0.3) is 0 Å². The van der Waals surface area contributed by atoms with Gasteiger partial charge in [0, 0.05) is 12.7 Å². The van der Waals surface area contributed by atoms with E-state index < -0.39 is 5.97 Å². The zero-order valence-corrected chi connectivity index (χ0v) is 11.5. The third kappa shape index (κ3) is 2.78. The lowest BCUT2D eigenvalue weighted by atomic mass is 10.2. The smallest absolute Gasteiger partial charge is 0.337 e. The van der Waals surface area contributed by atoms with Gasteiger partial charge in [-0.1, -0.05) is 16.8 Å². The van der Waals surface area contributed by atoms with Crippen LogP contribution in [-0.2, 0) is 4.74 Å². The molecule has 2 aromatic heterocycles. The van der Waals surface area contributed by atoms with E-state index in [9.17, 15) is 4.79 Å². The van der Waals surface area contributed by atoms with Crippen molar-refractivity contribution in [2.45, 2.75) is 6.10 Å². The molecule has 3 rings (SSSR count). The number of nitrogens with zero attached hydrogens (tertiary/aromatic N) is 5. The van der Waals surface area contributed by atoms with Gasteiger partial charge in [0.05, 0.1) is 23.7 Å². The summed E-state index contributed by atoms with van der Waals surface area (Å²) >= 11 is 6.12. The number of pyridine rings is 1. The highest BCUT2D eigenvalue weighted by Gasteiger charge is 2.27. The van der Waals surface area contributed by atoms with Gasteiger partial charge in [0.1, 0.15) is 11.9 Å². The fourth-order valence-corrected chi connectivity index (χ4v) is 2.37. The lowest BCUT2D eigenvalue weighted by Gasteiger charge is -2.32. The number of ether oxygens (including phenoxy) is 1. The molecule has 0 bridgehead atoms. The number of morpholine rings is 1. The monoisotopic (exact) mass is 310 g/mol. The summed E-state index contributed by atoms with van der Waals surface area (Å²) in [5.74, 6) is -0.0981. The van der Waals surface area contributed by atoms with Gasteiger partial charge < -0.3 is 14.7 Å². The van der Waals surface area contributed by atoms with Crippen LogP contribution in [0.4, 0.5) is 5.82 Å². The van der Waals surface area contributed by atoms with Gasteiger partial charge in [-0.15, -0.1) is 10.2 Å². The molecule has 9 nitrogen and oxygen atoms in total. The van der Waals surface area contributed by atoms with Crippen molar-refractivity contribution in [2.75, 3.05) is 24.6 Å². The van der Waals surface area contributed by atoms with Crippen LogP contribution in [0.3, 0.4) is 0 Å². The molecule has 0 aromatic carbocycles. The molecule has 1 fully saturated rings. The highest BCUT2D eigenvalue weighted by atomic mass is 35.5. The number of halogens is 1. The number of nitrogens with one attached hydrogen (secondary N) is 1. The summed E-state index contributed by atoms with van der Waals surface area (Å²) in [6.45, 7) is 1.50. The maximum absolute atomic E-state index is 10.9. The first-order valence-electron chi connectivity index (χ1n) is 6.14. The van der Waals surface area contributed by atoms with Crippen LogP contribution in [0.15, 0.2) is 12.3 Å². The maximum atomic E-state index is 10.9. The number of aromatic nitrogens is 5. The summed E-state index contributed by atoms with van der Waals surface area (Å²) in [5.41, 5.74) is 0.0479. The Morgan fingerprint density at radius 3 is 3.10 bits per heavy atom. The Balaban J connectivity index is 1.82. The quantitative estimate of drug-likeness (QED) is 0.842. The Hall–Kier alpha value is -2.26. The van der Waals surface area contributed by atoms with Crippen molar-refractivity contribution in [3.05, 3.63) is 28.7 Å². The van der Waals surface area contributed by atoms with Gasteiger partial charge in [-0.25, -0.2) is 9.78 Å². The first-order chi connectivity index (χ1) is 10.1. The van der Waals surface area contributed by atoms with Gasteiger partial charge in [0.2, 0.25) is 5.82 Å². The number of carboxylic acids is 1. The van der Waals surface area contributed by atoms with Crippen LogP contribution >= 0.6 is 11.6 Å². The van der Waals surface area contributed by atoms with Crippen LogP contribution in [0.25, 0.3) is 0 Å². The number of carboxylic acid groups (broad SMARTS) is 1. The van der Waals surface area contributed by atoms with E-state index in [0.29, 0.717) is 31.3 Å². The van der Waals surface area contributed by atoms with Gasteiger partial charge in [0.15, 0.2) is 0 Å². The zero-order valence-electron chi connectivity index (χ0n) is 10.7. The second kappa shape index (κ2) is 5.62. The van der Waals surface area contributed by atoms with E-state index in [-0.39, 0.29) is 16.7 Å². The van der Waals surface area contributed by atoms with Gasteiger partial charge in [-0.3, -0.25) is 0 Å². The van der Waals surface area contributed by atoms with Crippen molar-refractivity contribution in [1.82, 2.24) is 25.6 Å². The molecule has 0 aliphatic carbocycles. The van der Waals surface area contributed by atoms with E-state index in [2.05, 4.69) is 25.6 Å². The van der Waals surface area contributed by atoms with E-state index in [0.717, 1.165) is 0 Å². The molecule has 1 unspecified atom stereocenters. The van der Waals surface area contributed by atoms with Crippen LogP contribution in [0.2, 0.25) is 5.02 Å². The Bertz CT molecular complexity index is 649. The van der Waals surface area contributed by atoms with Gasteiger partial charge >= 0.3 is 5.97 Å². The van der Waals surface area contributed by atoms with Gasteiger partial charge in [-0.05, 0) is 6.07 Å². The van der Waals surface area contributed by atoms with E-state index >= 15 is 0 Å². The van der Waals surface area contributed by atoms with Crippen molar-refractivity contribution in [1.29, 1.82) is 0 Å². The second-order valence-electron chi connectivity index (χ2n) is 4.41. The molecule has 0 spiro atoms. The fourth-order valence-electron chi connectivity index (χ4n) is 2.08. The minimum atomic E-state index is -1.07. The minimum absolute atomic E-state index is 0.0479. The average Bonchev–Trinajstić information content (AvgIpc) is 3.01. The highest BCUT2D eigenvalue weighted by molar-refractivity contribution is 6.33. The second-order valence-corrected chi connectivity index (χ2v) is 4.82. The molecular weight excluding hydrogens is 300 g/mol. The Labute approximate surface area is 123 Å². The van der Waals surface area contributed by atoms with Crippen molar-refractivity contribution in [3.8, 4) is 0 Å². The van der Waals surface area contributed by atoms with E-state index in [1.165, 1.54) is 12.3 Å². The predicted octanol–water partition coefficient (Wildman–Crippen LogP) is 0.524. The number of hydrogen-bond acceptors (Lipinski definition) is 7. The highest BCUT2D eigenvalue weighted by Crippen LogP contribution is 2.28. The first kappa shape index (κ1) is 13.7. The molecule has 2 aromatic rings. The van der Waals surface area contributed by atoms with Crippen LogP contribution in [0, 0.1) is 0 Å². The standard InChI is InChI=1S/C11H11ClN6O3/c12-7-3-6(11(19)20)4-13-10(7)18-1-2-21-8(5-18)9-14-16-17-15-9/h3-4,8H,1-2,5H2,(H,19,20)(H,14,15,16,17). The molecule has 3 heterocycles. The third-order valence-electron chi connectivity index (χ3n) is 3.08. The first-order valence-corrected chi connectivity index (χ1v) is 6.51. The summed E-state index contributed by atoms with van der Waals surface area (Å²) in [6, 6.07) is 1.38. The van der Waals surface area contributed by atoms with Crippen molar-refractivity contribution in [2.24, 2.45) is 0 Å². The average molecular weight is 311 g/mol. The number of H-pyrrole nitrogens is 1. The molecule has 0 saturated carbocycles. The lowest BCUT2D eigenvalue weighted by molar-refractivity contribution is 0.0338. The molecule has 1 aliphatic rings. The van der Waals surface area contributed by atoms with Crippen LogP contribution in [0.1, 0.15) is 22.3 Å².